The van der Waals surface area contributed by atoms with Gasteiger partial charge >= 0.3 is 5.97 Å². The summed E-state index contributed by atoms with van der Waals surface area (Å²) in [6.07, 6.45) is 2.51. The maximum Gasteiger partial charge on any atom is 0.322 e. The lowest BCUT2D eigenvalue weighted by Gasteiger charge is -2.24. The summed E-state index contributed by atoms with van der Waals surface area (Å²) < 4.78 is 10.2. The van der Waals surface area contributed by atoms with Crippen molar-refractivity contribution in [1.82, 2.24) is 4.90 Å². The van der Waals surface area contributed by atoms with Crippen molar-refractivity contribution in [2.75, 3.05) is 27.3 Å². The van der Waals surface area contributed by atoms with Gasteiger partial charge in [-0.15, -0.1) is 0 Å². The van der Waals surface area contributed by atoms with E-state index >= 15 is 0 Å². The number of hydrogen-bond acceptors (Lipinski definition) is 4. The molecular formula is C10H19NO3. The highest BCUT2D eigenvalue weighted by Crippen LogP contribution is 2.13. The van der Waals surface area contributed by atoms with Crippen molar-refractivity contribution >= 4 is 5.97 Å². The van der Waals surface area contributed by atoms with E-state index in [0.29, 0.717) is 0 Å². The number of nitrogens with zero attached hydrogens (tertiary/aromatic N) is 1. The molecule has 14 heavy (non-hydrogen) atoms. The maximum absolute atomic E-state index is 11.2. The number of likely N-dealkylation sites (N-methyl/N-ethyl adjacent to an activating group) is 1. The monoisotopic (exact) mass is 201 g/mol. The highest BCUT2D eigenvalue weighted by Gasteiger charge is 2.23. The number of ether oxygens (including phenoxy) is 2. The average Bonchev–Trinajstić information content (AvgIpc) is 2.68. The van der Waals surface area contributed by atoms with Crippen molar-refractivity contribution in [1.29, 1.82) is 0 Å². The standard InChI is InChI=1S/C10H19NO3/c1-8(10(12)13-3)11(2)7-9-5-4-6-14-9/h8-9H,4-7H2,1-3H3. The molecule has 0 aliphatic carbocycles. The number of methoxy groups -OCH3 is 1. The van der Waals surface area contributed by atoms with Gasteiger partial charge in [0.1, 0.15) is 6.04 Å². The average molecular weight is 201 g/mol. The number of carbonyl (C=O) groups excluding carboxylic acids is 1. The Morgan fingerprint density at radius 1 is 1.71 bits per heavy atom. The second-order valence-electron chi connectivity index (χ2n) is 3.77. The summed E-state index contributed by atoms with van der Waals surface area (Å²) in [7, 11) is 3.34. The summed E-state index contributed by atoms with van der Waals surface area (Å²) in [5.74, 6) is -0.189. The Morgan fingerprint density at radius 3 is 2.93 bits per heavy atom. The minimum absolute atomic E-state index is 0.189. The van der Waals surface area contributed by atoms with Gasteiger partial charge in [-0.25, -0.2) is 0 Å². The third-order valence-electron chi connectivity index (χ3n) is 2.72. The van der Waals surface area contributed by atoms with Gasteiger partial charge in [0.05, 0.1) is 13.2 Å². The Kier molecular flexibility index (Phi) is 4.35. The van der Waals surface area contributed by atoms with Crippen LogP contribution in [0.25, 0.3) is 0 Å². The molecule has 0 bridgehead atoms. The highest BCUT2D eigenvalue weighted by atomic mass is 16.5. The zero-order valence-electron chi connectivity index (χ0n) is 9.16. The lowest BCUT2D eigenvalue weighted by Crippen LogP contribution is -2.40. The van der Waals surface area contributed by atoms with Crippen LogP contribution < -0.4 is 0 Å². The normalized spacial score (nSPS) is 23.9. The van der Waals surface area contributed by atoms with Crippen LogP contribution in [0.4, 0.5) is 0 Å². The van der Waals surface area contributed by atoms with Crippen LogP contribution in [-0.4, -0.2) is 50.3 Å². The zero-order valence-corrected chi connectivity index (χ0v) is 9.16. The number of rotatable bonds is 4. The second-order valence-corrected chi connectivity index (χ2v) is 3.77. The molecule has 1 fully saturated rings. The Hall–Kier alpha value is -0.610. The first kappa shape index (κ1) is 11.5. The first-order valence-electron chi connectivity index (χ1n) is 5.05. The lowest BCUT2D eigenvalue weighted by molar-refractivity contribution is -0.146. The van der Waals surface area contributed by atoms with Gasteiger partial charge in [0.15, 0.2) is 0 Å². The van der Waals surface area contributed by atoms with E-state index in [9.17, 15) is 4.79 Å². The summed E-state index contributed by atoms with van der Waals surface area (Å²) in [5.41, 5.74) is 0. The Morgan fingerprint density at radius 2 is 2.43 bits per heavy atom. The largest absolute Gasteiger partial charge is 0.468 e. The van der Waals surface area contributed by atoms with Crippen molar-refractivity contribution in [2.45, 2.75) is 31.9 Å². The molecule has 1 heterocycles. The summed E-state index contributed by atoms with van der Waals surface area (Å²) >= 11 is 0. The van der Waals surface area contributed by atoms with Crippen LogP contribution in [-0.2, 0) is 14.3 Å². The van der Waals surface area contributed by atoms with E-state index < -0.39 is 0 Å². The molecule has 1 saturated heterocycles. The van der Waals surface area contributed by atoms with Crippen LogP contribution in [0.2, 0.25) is 0 Å². The molecule has 0 amide bonds. The number of hydrogen-bond donors (Lipinski definition) is 0. The Balaban J connectivity index is 2.32. The molecule has 2 atom stereocenters. The summed E-state index contributed by atoms with van der Waals surface area (Å²) in [4.78, 5) is 13.2. The van der Waals surface area contributed by atoms with Gasteiger partial charge in [-0.3, -0.25) is 9.69 Å². The summed E-state index contributed by atoms with van der Waals surface area (Å²) in [6, 6.07) is -0.191. The van der Waals surface area contributed by atoms with Gasteiger partial charge in [0, 0.05) is 13.2 Å². The van der Waals surface area contributed by atoms with E-state index in [0.717, 1.165) is 26.0 Å². The van der Waals surface area contributed by atoms with Gasteiger partial charge in [0.25, 0.3) is 0 Å². The molecule has 2 unspecified atom stereocenters. The van der Waals surface area contributed by atoms with Gasteiger partial charge < -0.3 is 9.47 Å². The van der Waals surface area contributed by atoms with E-state index in [2.05, 4.69) is 4.74 Å². The third kappa shape index (κ3) is 2.96. The van der Waals surface area contributed by atoms with E-state index in [1.165, 1.54) is 7.11 Å². The van der Waals surface area contributed by atoms with Crippen molar-refractivity contribution in [3.8, 4) is 0 Å². The zero-order chi connectivity index (χ0) is 10.6. The lowest BCUT2D eigenvalue weighted by atomic mass is 10.2. The molecule has 4 heteroatoms. The molecule has 0 aromatic carbocycles. The fourth-order valence-electron chi connectivity index (χ4n) is 1.62. The first-order valence-corrected chi connectivity index (χ1v) is 5.05. The molecule has 4 nitrogen and oxygen atoms in total. The molecule has 0 aromatic rings. The molecule has 0 radical (unpaired) electrons. The molecule has 82 valence electrons. The molecule has 1 rings (SSSR count). The third-order valence-corrected chi connectivity index (χ3v) is 2.72. The van der Waals surface area contributed by atoms with Crippen LogP contribution in [0, 0.1) is 0 Å². The van der Waals surface area contributed by atoms with E-state index in [4.69, 9.17) is 4.74 Å². The van der Waals surface area contributed by atoms with E-state index in [1.54, 1.807) is 0 Å². The highest BCUT2D eigenvalue weighted by molar-refractivity contribution is 5.75. The van der Waals surface area contributed by atoms with Crippen LogP contribution in [0.3, 0.4) is 0 Å². The van der Waals surface area contributed by atoms with E-state index in [1.807, 2.05) is 18.9 Å². The molecule has 0 spiro atoms. The van der Waals surface area contributed by atoms with Gasteiger partial charge in [-0.1, -0.05) is 0 Å². The maximum atomic E-state index is 11.2. The smallest absolute Gasteiger partial charge is 0.322 e. The van der Waals surface area contributed by atoms with Crippen LogP contribution >= 0.6 is 0 Å². The van der Waals surface area contributed by atoms with Crippen molar-refractivity contribution in [3.05, 3.63) is 0 Å². The van der Waals surface area contributed by atoms with Gasteiger partial charge in [0.2, 0.25) is 0 Å². The molecule has 0 aromatic heterocycles. The summed E-state index contributed by atoms with van der Waals surface area (Å²) in [6.45, 7) is 3.50. The van der Waals surface area contributed by atoms with Crippen LogP contribution in [0.1, 0.15) is 19.8 Å². The fourth-order valence-corrected chi connectivity index (χ4v) is 1.62. The van der Waals surface area contributed by atoms with Crippen LogP contribution in [0.5, 0.6) is 0 Å². The molecule has 1 aliphatic rings. The quantitative estimate of drug-likeness (QED) is 0.626. The molecule has 1 aliphatic heterocycles. The Bertz CT molecular complexity index is 190. The van der Waals surface area contributed by atoms with Crippen molar-refractivity contribution in [3.63, 3.8) is 0 Å². The fraction of sp³-hybridized carbons (Fsp3) is 0.900. The Labute approximate surface area is 85.2 Å². The van der Waals surface area contributed by atoms with Crippen molar-refractivity contribution < 1.29 is 14.3 Å². The number of esters is 1. The van der Waals surface area contributed by atoms with Gasteiger partial charge in [-0.2, -0.15) is 0 Å². The summed E-state index contributed by atoms with van der Waals surface area (Å²) in [5, 5.41) is 0. The predicted octanol–water partition coefficient (Wildman–Crippen LogP) is 0.659. The van der Waals surface area contributed by atoms with E-state index in [-0.39, 0.29) is 18.1 Å². The topological polar surface area (TPSA) is 38.8 Å². The predicted molar refractivity (Wildman–Crippen MR) is 53.1 cm³/mol. The SMILES string of the molecule is COC(=O)C(C)N(C)CC1CCCO1. The minimum atomic E-state index is -0.191. The molecule has 0 N–H and O–H groups in total. The second kappa shape index (κ2) is 5.32. The van der Waals surface area contributed by atoms with Gasteiger partial charge in [-0.05, 0) is 26.8 Å². The molecule has 0 saturated carbocycles. The number of carbonyl (C=O) groups is 1. The first-order chi connectivity index (χ1) is 6.65. The molecular weight excluding hydrogens is 182 g/mol. The van der Waals surface area contributed by atoms with Crippen LogP contribution in [0.15, 0.2) is 0 Å². The minimum Gasteiger partial charge on any atom is -0.468 e. The van der Waals surface area contributed by atoms with Crippen molar-refractivity contribution in [2.24, 2.45) is 0 Å².